The van der Waals surface area contributed by atoms with Crippen molar-refractivity contribution in [3.8, 4) is 0 Å². The van der Waals surface area contributed by atoms with Crippen molar-refractivity contribution in [2.75, 3.05) is 19.6 Å². The lowest BCUT2D eigenvalue weighted by molar-refractivity contribution is -0.140. The predicted octanol–water partition coefficient (Wildman–Crippen LogP) is 0.502. The third-order valence-electron chi connectivity index (χ3n) is 3.48. The van der Waals surface area contributed by atoms with E-state index in [1.807, 2.05) is 6.92 Å². The minimum absolute atomic E-state index is 0.0449. The highest BCUT2D eigenvalue weighted by Crippen LogP contribution is 2.04. The summed E-state index contributed by atoms with van der Waals surface area (Å²) < 4.78 is 0. The smallest absolute Gasteiger partial charge is 0.240 e. The number of nitrogens with one attached hydrogen (secondary N) is 2. The van der Waals surface area contributed by atoms with E-state index in [1.165, 1.54) is 0 Å². The van der Waals surface area contributed by atoms with Crippen molar-refractivity contribution in [1.29, 1.82) is 0 Å². The Kier molecular flexibility index (Phi) is 6.12. The lowest BCUT2D eigenvalue weighted by Gasteiger charge is -2.32. The van der Waals surface area contributed by atoms with E-state index in [0.29, 0.717) is 6.54 Å². The minimum atomic E-state index is -0.125. The van der Waals surface area contributed by atoms with Gasteiger partial charge in [0.1, 0.15) is 0 Å². The molecule has 1 aliphatic rings. The van der Waals surface area contributed by atoms with Crippen LogP contribution in [0.3, 0.4) is 0 Å². The van der Waals surface area contributed by atoms with E-state index in [1.54, 1.807) is 4.90 Å². The molecule has 0 saturated carbocycles. The van der Waals surface area contributed by atoms with Crippen molar-refractivity contribution >= 4 is 11.8 Å². The highest BCUT2D eigenvalue weighted by atomic mass is 16.2. The standard InChI is InChI=1S/C13H25N3O2/c1-4-10(5-2)15-12(17)9-16-8-7-14-11(6-3)13(16)18/h10-11,14H,4-9H2,1-3H3,(H,15,17). The van der Waals surface area contributed by atoms with Crippen LogP contribution in [0.2, 0.25) is 0 Å². The molecule has 1 saturated heterocycles. The van der Waals surface area contributed by atoms with Gasteiger partial charge in [-0.1, -0.05) is 20.8 Å². The molecule has 2 N–H and O–H groups in total. The number of hydrogen-bond acceptors (Lipinski definition) is 3. The average molecular weight is 255 g/mol. The van der Waals surface area contributed by atoms with Gasteiger partial charge >= 0.3 is 0 Å². The van der Waals surface area contributed by atoms with Crippen molar-refractivity contribution in [1.82, 2.24) is 15.5 Å². The summed E-state index contributed by atoms with van der Waals surface area (Å²) >= 11 is 0. The van der Waals surface area contributed by atoms with Gasteiger partial charge in [-0.3, -0.25) is 9.59 Å². The molecule has 1 heterocycles. The van der Waals surface area contributed by atoms with Crippen LogP contribution in [0.15, 0.2) is 0 Å². The Morgan fingerprint density at radius 1 is 1.44 bits per heavy atom. The first-order valence-corrected chi connectivity index (χ1v) is 6.93. The summed E-state index contributed by atoms with van der Waals surface area (Å²) in [5.41, 5.74) is 0. The predicted molar refractivity (Wildman–Crippen MR) is 71.2 cm³/mol. The van der Waals surface area contributed by atoms with Gasteiger partial charge in [0.25, 0.3) is 0 Å². The molecule has 0 spiro atoms. The molecule has 0 aromatic heterocycles. The van der Waals surface area contributed by atoms with Gasteiger partial charge in [0.2, 0.25) is 11.8 Å². The molecule has 1 rings (SSSR count). The third kappa shape index (κ3) is 3.98. The molecular weight excluding hydrogens is 230 g/mol. The van der Waals surface area contributed by atoms with Crippen LogP contribution in [-0.4, -0.2) is 48.4 Å². The van der Waals surface area contributed by atoms with Crippen LogP contribution in [0.1, 0.15) is 40.0 Å². The second kappa shape index (κ2) is 7.36. The Balaban J connectivity index is 2.45. The molecule has 0 aromatic rings. The molecule has 0 radical (unpaired) electrons. The number of amides is 2. The number of carbonyl (C=O) groups excluding carboxylic acids is 2. The second-order valence-electron chi connectivity index (χ2n) is 4.76. The molecule has 1 atom stereocenters. The molecule has 1 aliphatic heterocycles. The van der Waals surface area contributed by atoms with Gasteiger partial charge in [0.15, 0.2) is 0 Å². The SMILES string of the molecule is CCC(CC)NC(=O)CN1CCNC(CC)C1=O. The number of hydrogen-bond donors (Lipinski definition) is 2. The quantitative estimate of drug-likeness (QED) is 0.726. The summed E-state index contributed by atoms with van der Waals surface area (Å²) in [7, 11) is 0. The third-order valence-corrected chi connectivity index (χ3v) is 3.48. The summed E-state index contributed by atoms with van der Waals surface area (Å²) in [5.74, 6) is -0.00255. The molecule has 0 bridgehead atoms. The summed E-state index contributed by atoms with van der Waals surface area (Å²) in [6.45, 7) is 7.65. The fourth-order valence-electron chi connectivity index (χ4n) is 2.21. The summed E-state index contributed by atoms with van der Waals surface area (Å²) in [4.78, 5) is 25.5. The topological polar surface area (TPSA) is 61.4 Å². The normalized spacial score (nSPS) is 20.3. The van der Waals surface area contributed by atoms with E-state index in [0.717, 1.165) is 25.8 Å². The van der Waals surface area contributed by atoms with E-state index < -0.39 is 0 Å². The van der Waals surface area contributed by atoms with Gasteiger partial charge in [-0.25, -0.2) is 0 Å². The molecule has 0 aliphatic carbocycles. The zero-order valence-electron chi connectivity index (χ0n) is 11.7. The lowest BCUT2D eigenvalue weighted by Crippen LogP contribution is -2.57. The molecule has 1 fully saturated rings. The molecule has 5 nitrogen and oxygen atoms in total. The Hall–Kier alpha value is -1.10. The molecule has 1 unspecified atom stereocenters. The van der Waals surface area contributed by atoms with Gasteiger partial charge in [-0.2, -0.15) is 0 Å². The maximum absolute atomic E-state index is 12.0. The van der Waals surface area contributed by atoms with Gasteiger partial charge in [-0.15, -0.1) is 0 Å². The zero-order chi connectivity index (χ0) is 13.5. The summed E-state index contributed by atoms with van der Waals surface area (Å²) in [5, 5.41) is 6.13. The van der Waals surface area contributed by atoms with Crippen molar-refractivity contribution in [2.24, 2.45) is 0 Å². The minimum Gasteiger partial charge on any atom is -0.352 e. The van der Waals surface area contributed by atoms with Gasteiger partial charge in [-0.05, 0) is 19.3 Å². The summed E-state index contributed by atoms with van der Waals surface area (Å²) in [6.07, 6.45) is 2.62. The monoisotopic (exact) mass is 255 g/mol. The lowest BCUT2D eigenvalue weighted by atomic mass is 10.1. The maximum atomic E-state index is 12.0. The van der Waals surface area contributed by atoms with Gasteiger partial charge in [0, 0.05) is 19.1 Å². The van der Waals surface area contributed by atoms with Crippen LogP contribution in [0.5, 0.6) is 0 Å². The molecular formula is C13H25N3O2. The van der Waals surface area contributed by atoms with E-state index in [2.05, 4.69) is 24.5 Å². The highest BCUT2D eigenvalue weighted by Gasteiger charge is 2.28. The van der Waals surface area contributed by atoms with Crippen LogP contribution < -0.4 is 10.6 Å². The van der Waals surface area contributed by atoms with Crippen LogP contribution in [-0.2, 0) is 9.59 Å². The maximum Gasteiger partial charge on any atom is 0.240 e. The van der Waals surface area contributed by atoms with E-state index in [-0.39, 0.29) is 30.4 Å². The van der Waals surface area contributed by atoms with Crippen molar-refractivity contribution in [3.63, 3.8) is 0 Å². The Labute approximate surface area is 109 Å². The van der Waals surface area contributed by atoms with Crippen LogP contribution in [0.4, 0.5) is 0 Å². The molecule has 2 amide bonds. The average Bonchev–Trinajstić information content (AvgIpc) is 2.38. The molecule has 5 heteroatoms. The fraction of sp³-hybridized carbons (Fsp3) is 0.846. The molecule has 18 heavy (non-hydrogen) atoms. The molecule has 0 aromatic carbocycles. The fourth-order valence-corrected chi connectivity index (χ4v) is 2.21. The first-order chi connectivity index (χ1) is 8.62. The van der Waals surface area contributed by atoms with Crippen LogP contribution >= 0.6 is 0 Å². The van der Waals surface area contributed by atoms with E-state index in [4.69, 9.17) is 0 Å². The second-order valence-corrected chi connectivity index (χ2v) is 4.76. The number of rotatable bonds is 6. The van der Waals surface area contributed by atoms with E-state index >= 15 is 0 Å². The van der Waals surface area contributed by atoms with Gasteiger partial charge < -0.3 is 15.5 Å². The first kappa shape index (κ1) is 15.0. The van der Waals surface area contributed by atoms with Crippen molar-refractivity contribution in [2.45, 2.75) is 52.1 Å². The van der Waals surface area contributed by atoms with Crippen molar-refractivity contribution in [3.05, 3.63) is 0 Å². The number of piperazine rings is 1. The highest BCUT2D eigenvalue weighted by molar-refractivity contribution is 5.88. The summed E-state index contributed by atoms with van der Waals surface area (Å²) in [6, 6.07) is 0.0946. The first-order valence-electron chi connectivity index (χ1n) is 6.93. The Morgan fingerprint density at radius 3 is 2.67 bits per heavy atom. The van der Waals surface area contributed by atoms with Crippen LogP contribution in [0.25, 0.3) is 0 Å². The molecule has 104 valence electrons. The zero-order valence-corrected chi connectivity index (χ0v) is 11.7. The Morgan fingerprint density at radius 2 is 2.11 bits per heavy atom. The number of carbonyl (C=O) groups is 2. The van der Waals surface area contributed by atoms with E-state index in [9.17, 15) is 9.59 Å². The van der Waals surface area contributed by atoms with Crippen LogP contribution in [0, 0.1) is 0 Å². The Bertz CT molecular complexity index is 290. The van der Waals surface area contributed by atoms with Crippen molar-refractivity contribution < 1.29 is 9.59 Å². The number of nitrogens with zero attached hydrogens (tertiary/aromatic N) is 1. The van der Waals surface area contributed by atoms with Gasteiger partial charge in [0.05, 0.1) is 12.6 Å². The largest absolute Gasteiger partial charge is 0.352 e.